The Kier molecular flexibility index (Phi) is 5.80. The summed E-state index contributed by atoms with van der Waals surface area (Å²) in [5.41, 5.74) is 2.48. The molecule has 0 aromatic carbocycles. The maximum Gasteiger partial charge on any atom is 0.128 e. The van der Waals surface area contributed by atoms with E-state index < -0.39 is 11.8 Å². The number of allylic oxidation sites excluding steroid dienone is 3. The van der Waals surface area contributed by atoms with Crippen LogP contribution in [0.1, 0.15) is 92.4 Å². The van der Waals surface area contributed by atoms with E-state index in [-0.39, 0.29) is 11.5 Å². The number of aliphatic hydroxyl groups is 2. The monoisotopic (exact) mass is 418 g/mol. The van der Waals surface area contributed by atoms with Gasteiger partial charge in [-0.05, 0) is 106 Å². The van der Waals surface area contributed by atoms with Crippen molar-refractivity contribution in [3.8, 4) is 0 Å². The molecule has 0 saturated heterocycles. The van der Waals surface area contributed by atoms with Crippen LogP contribution in [-0.2, 0) is 0 Å². The van der Waals surface area contributed by atoms with Crippen LogP contribution in [0, 0.1) is 34.5 Å². The molecule has 3 fully saturated rings. The van der Waals surface area contributed by atoms with Crippen molar-refractivity contribution in [1.29, 1.82) is 0 Å². The van der Waals surface area contributed by atoms with E-state index in [4.69, 9.17) is 0 Å². The number of rotatable bonds is 5. The fourth-order valence-electron chi connectivity index (χ4n) is 7.92. The third-order valence-corrected chi connectivity index (χ3v) is 9.95. The van der Waals surface area contributed by atoms with Gasteiger partial charge < -0.3 is 10.2 Å². The maximum atomic E-state index is 14.4. The first-order valence-corrected chi connectivity index (χ1v) is 12.4. The highest BCUT2D eigenvalue weighted by Gasteiger charge is 2.56. The summed E-state index contributed by atoms with van der Waals surface area (Å²) in [6, 6.07) is 0. The summed E-state index contributed by atoms with van der Waals surface area (Å²) in [6.45, 7) is 10.5. The molecule has 3 heteroatoms. The van der Waals surface area contributed by atoms with Crippen molar-refractivity contribution in [2.45, 2.75) is 110 Å². The van der Waals surface area contributed by atoms with Gasteiger partial charge in [-0.2, -0.15) is 0 Å². The predicted octanol–water partition coefficient (Wildman–Crippen LogP) is 6.37. The number of fused-ring (bicyclic) bond motifs is 5. The van der Waals surface area contributed by atoms with Gasteiger partial charge in [0.15, 0.2) is 0 Å². The highest BCUT2D eigenvalue weighted by atomic mass is 19.1. The smallest absolute Gasteiger partial charge is 0.128 e. The van der Waals surface area contributed by atoms with Gasteiger partial charge in [-0.25, -0.2) is 4.39 Å². The summed E-state index contributed by atoms with van der Waals surface area (Å²) in [5.74, 6) is 2.43. The Morgan fingerprint density at radius 3 is 2.50 bits per heavy atom. The molecule has 0 aromatic heterocycles. The topological polar surface area (TPSA) is 40.5 Å². The molecule has 170 valence electrons. The van der Waals surface area contributed by atoms with Gasteiger partial charge in [-0.3, -0.25) is 0 Å². The van der Waals surface area contributed by atoms with Gasteiger partial charge in [-0.1, -0.05) is 44.1 Å². The molecule has 30 heavy (non-hydrogen) atoms. The van der Waals surface area contributed by atoms with Crippen LogP contribution in [-0.4, -0.2) is 28.1 Å². The highest BCUT2D eigenvalue weighted by Crippen LogP contribution is 2.66. The normalized spacial score (nSPS) is 43.1. The third-order valence-electron chi connectivity index (χ3n) is 9.95. The van der Waals surface area contributed by atoms with Crippen molar-refractivity contribution in [2.24, 2.45) is 34.5 Å². The van der Waals surface area contributed by atoms with Gasteiger partial charge in [0.1, 0.15) is 6.17 Å². The van der Waals surface area contributed by atoms with E-state index in [1.807, 2.05) is 0 Å². The summed E-state index contributed by atoms with van der Waals surface area (Å²) < 4.78 is 14.4. The lowest BCUT2D eigenvalue weighted by Crippen LogP contribution is -2.46. The zero-order valence-electron chi connectivity index (χ0n) is 19.8. The van der Waals surface area contributed by atoms with E-state index >= 15 is 0 Å². The molecule has 3 saturated carbocycles. The van der Waals surface area contributed by atoms with Gasteiger partial charge in [0, 0.05) is 0 Å². The quantitative estimate of drug-likeness (QED) is 0.544. The first-order chi connectivity index (χ1) is 14.0. The minimum absolute atomic E-state index is 0.159. The minimum atomic E-state index is -1.24. The molecular weight excluding hydrogens is 375 g/mol. The Morgan fingerprint density at radius 2 is 1.80 bits per heavy atom. The van der Waals surface area contributed by atoms with Gasteiger partial charge >= 0.3 is 0 Å². The molecule has 4 aliphatic rings. The Hall–Kier alpha value is -0.670. The van der Waals surface area contributed by atoms with Crippen molar-refractivity contribution in [1.82, 2.24) is 0 Å². The third kappa shape index (κ3) is 3.62. The van der Waals surface area contributed by atoms with Crippen molar-refractivity contribution < 1.29 is 14.6 Å². The standard InChI is InChI=1S/C27H43FO2/c1-17(6-11-24(28)25(2,3)30)21-9-10-22-20-8-7-18-16-19(29)12-14-26(18,4)23(20)13-15-27(21,22)5/h7-8,17,19,21-24,29-30H,6,9-16H2,1-5H3/t17-,19?,21-,22+,23+,24?,26+,27-/m1/s1. The molecular formula is C27H43FO2. The molecule has 0 spiro atoms. The highest BCUT2D eigenvalue weighted by molar-refractivity contribution is 5.38. The molecule has 4 rings (SSSR count). The Balaban J connectivity index is 1.51. The van der Waals surface area contributed by atoms with Crippen LogP contribution in [0.4, 0.5) is 4.39 Å². The van der Waals surface area contributed by atoms with Crippen LogP contribution in [0.5, 0.6) is 0 Å². The SMILES string of the molecule is C[C@H](CCC(F)C(C)(C)O)[C@H]1CC[C@H]2C3=CC=C4CC(O)CC[C@]4(C)[C@H]3CC[C@]12C. The molecule has 0 bridgehead atoms. The molecule has 0 aromatic rings. The molecule has 2 unspecified atom stereocenters. The van der Waals surface area contributed by atoms with Crippen molar-refractivity contribution >= 4 is 0 Å². The number of alkyl halides is 1. The Labute approximate surface area is 183 Å². The van der Waals surface area contributed by atoms with Crippen LogP contribution in [0.2, 0.25) is 0 Å². The van der Waals surface area contributed by atoms with E-state index in [9.17, 15) is 14.6 Å². The maximum absolute atomic E-state index is 14.4. The molecule has 4 aliphatic carbocycles. The zero-order chi connectivity index (χ0) is 21.9. The Morgan fingerprint density at radius 1 is 1.07 bits per heavy atom. The number of hydrogen-bond donors (Lipinski definition) is 2. The van der Waals surface area contributed by atoms with Gasteiger partial charge in [-0.15, -0.1) is 0 Å². The average Bonchev–Trinajstić information content (AvgIpc) is 3.03. The van der Waals surface area contributed by atoms with Crippen LogP contribution < -0.4 is 0 Å². The molecule has 0 amide bonds. The lowest BCUT2D eigenvalue weighted by atomic mass is 9.50. The van der Waals surface area contributed by atoms with Crippen LogP contribution in [0.3, 0.4) is 0 Å². The molecule has 0 heterocycles. The molecule has 0 aliphatic heterocycles. The first-order valence-electron chi connectivity index (χ1n) is 12.4. The second-order valence-corrected chi connectivity index (χ2v) is 12.2. The van der Waals surface area contributed by atoms with Crippen molar-refractivity contribution in [3.05, 3.63) is 23.3 Å². The number of aliphatic hydroxyl groups excluding tert-OH is 1. The lowest BCUT2D eigenvalue weighted by molar-refractivity contribution is -0.0131. The van der Waals surface area contributed by atoms with Gasteiger partial charge in [0.25, 0.3) is 0 Å². The average molecular weight is 419 g/mol. The predicted molar refractivity (Wildman–Crippen MR) is 121 cm³/mol. The Bertz CT molecular complexity index is 719. The largest absolute Gasteiger partial charge is 0.393 e. The summed E-state index contributed by atoms with van der Waals surface area (Å²) in [4.78, 5) is 0. The van der Waals surface area contributed by atoms with Crippen LogP contribution in [0.25, 0.3) is 0 Å². The summed E-state index contributed by atoms with van der Waals surface area (Å²) >= 11 is 0. The van der Waals surface area contributed by atoms with Crippen LogP contribution in [0.15, 0.2) is 23.3 Å². The van der Waals surface area contributed by atoms with Crippen molar-refractivity contribution in [2.75, 3.05) is 0 Å². The van der Waals surface area contributed by atoms with E-state index in [1.165, 1.54) is 31.3 Å². The van der Waals surface area contributed by atoms with E-state index in [1.54, 1.807) is 19.4 Å². The first kappa shape index (κ1) is 22.5. The number of halogens is 1. The minimum Gasteiger partial charge on any atom is -0.393 e. The van der Waals surface area contributed by atoms with Gasteiger partial charge in [0.05, 0.1) is 11.7 Å². The fourth-order valence-corrected chi connectivity index (χ4v) is 7.92. The molecule has 2 N–H and O–H groups in total. The van der Waals surface area contributed by atoms with Crippen LogP contribution >= 0.6 is 0 Å². The fraction of sp³-hybridized carbons (Fsp3) is 0.852. The zero-order valence-corrected chi connectivity index (χ0v) is 19.8. The summed E-state index contributed by atoms with van der Waals surface area (Å²) in [6.07, 6.45) is 12.7. The molecule has 0 radical (unpaired) electrons. The van der Waals surface area contributed by atoms with E-state index in [0.29, 0.717) is 35.5 Å². The summed E-state index contributed by atoms with van der Waals surface area (Å²) in [7, 11) is 0. The van der Waals surface area contributed by atoms with Gasteiger partial charge in [0.2, 0.25) is 0 Å². The van der Waals surface area contributed by atoms with Crippen molar-refractivity contribution in [3.63, 3.8) is 0 Å². The second-order valence-electron chi connectivity index (χ2n) is 12.2. The molecule has 8 atom stereocenters. The summed E-state index contributed by atoms with van der Waals surface area (Å²) in [5, 5.41) is 20.1. The van der Waals surface area contributed by atoms with E-state index in [2.05, 4.69) is 32.9 Å². The second kappa shape index (κ2) is 7.73. The van der Waals surface area contributed by atoms with E-state index in [0.717, 1.165) is 25.7 Å². The molecule has 2 nitrogen and oxygen atoms in total. The lowest BCUT2D eigenvalue weighted by Gasteiger charge is -2.55. The number of hydrogen-bond acceptors (Lipinski definition) is 2.